The second-order valence-corrected chi connectivity index (χ2v) is 5.75. The Hall–Kier alpha value is -2.48. The quantitative estimate of drug-likeness (QED) is 0.598. The lowest BCUT2D eigenvalue weighted by atomic mass is 10.1. The average Bonchev–Trinajstić information content (AvgIpc) is 2.57. The molecule has 2 aromatic rings. The third kappa shape index (κ3) is 4.29. The van der Waals surface area contributed by atoms with Crippen molar-refractivity contribution in [3.63, 3.8) is 0 Å². The van der Waals surface area contributed by atoms with Gasteiger partial charge in [-0.05, 0) is 52.2 Å². The van der Waals surface area contributed by atoms with E-state index >= 15 is 0 Å². The highest BCUT2D eigenvalue weighted by molar-refractivity contribution is 9.10. The SMILES string of the molecule is COc1ccc(C(=O)NCCc2ccc(F)c(Br)c2)cc1[N+](=O)[O-]. The van der Waals surface area contributed by atoms with Crippen molar-refractivity contribution in [2.24, 2.45) is 0 Å². The maximum Gasteiger partial charge on any atom is 0.311 e. The van der Waals surface area contributed by atoms with Crippen LogP contribution in [0.5, 0.6) is 5.75 Å². The number of nitro groups is 1. The first-order valence-electron chi connectivity index (χ1n) is 6.97. The van der Waals surface area contributed by atoms with Gasteiger partial charge in [0.05, 0.1) is 16.5 Å². The molecule has 0 spiro atoms. The van der Waals surface area contributed by atoms with Crippen LogP contribution in [0.1, 0.15) is 15.9 Å². The Bertz CT molecular complexity index is 783. The van der Waals surface area contributed by atoms with Gasteiger partial charge in [0, 0.05) is 18.2 Å². The van der Waals surface area contributed by atoms with Gasteiger partial charge in [-0.2, -0.15) is 0 Å². The Labute approximate surface area is 145 Å². The number of ether oxygens (including phenoxy) is 1. The zero-order valence-electron chi connectivity index (χ0n) is 12.7. The predicted molar refractivity (Wildman–Crippen MR) is 89.8 cm³/mol. The topological polar surface area (TPSA) is 81.5 Å². The molecule has 0 aliphatic rings. The smallest absolute Gasteiger partial charge is 0.311 e. The molecule has 24 heavy (non-hydrogen) atoms. The van der Waals surface area contributed by atoms with Crippen molar-refractivity contribution in [3.05, 3.63) is 67.9 Å². The van der Waals surface area contributed by atoms with Crippen molar-refractivity contribution in [1.82, 2.24) is 5.32 Å². The average molecular weight is 397 g/mol. The summed E-state index contributed by atoms with van der Waals surface area (Å²) in [5.74, 6) is -0.692. The number of nitrogens with one attached hydrogen (secondary N) is 1. The molecule has 0 unspecified atom stereocenters. The number of carbonyl (C=O) groups excluding carboxylic acids is 1. The van der Waals surface area contributed by atoms with E-state index in [2.05, 4.69) is 21.2 Å². The Morgan fingerprint density at radius 2 is 2.08 bits per heavy atom. The standard InChI is InChI=1S/C16H14BrFN2O4/c1-24-15-5-3-11(9-14(15)20(22)23)16(21)19-7-6-10-2-4-13(18)12(17)8-10/h2-5,8-9H,6-7H2,1H3,(H,19,21). The summed E-state index contributed by atoms with van der Waals surface area (Å²) in [4.78, 5) is 22.5. The number of methoxy groups -OCH3 is 1. The lowest BCUT2D eigenvalue weighted by molar-refractivity contribution is -0.385. The second kappa shape index (κ2) is 7.87. The van der Waals surface area contributed by atoms with Crippen LogP contribution in [0, 0.1) is 15.9 Å². The number of nitro benzene ring substituents is 1. The van der Waals surface area contributed by atoms with Gasteiger partial charge in [0.2, 0.25) is 0 Å². The molecule has 0 aromatic heterocycles. The molecule has 0 fully saturated rings. The molecule has 1 amide bonds. The molecule has 126 valence electrons. The number of rotatable bonds is 6. The summed E-state index contributed by atoms with van der Waals surface area (Å²) < 4.78 is 18.4. The van der Waals surface area contributed by atoms with Gasteiger partial charge in [0.25, 0.3) is 5.91 Å². The fourth-order valence-corrected chi connectivity index (χ4v) is 2.52. The van der Waals surface area contributed by atoms with Crippen LogP contribution < -0.4 is 10.1 Å². The number of hydrogen-bond donors (Lipinski definition) is 1. The Balaban J connectivity index is 2.00. The molecule has 0 bridgehead atoms. The number of hydrogen-bond acceptors (Lipinski definition) is 4. The van der Waals surface area contributed by atoms with Gasteiger partial charge in [-0.15, -0.1) is 0 Å². The lowest BCUT2D eigenvalue weighted by Crippen LogP contribution is -2.25. The fraction of sp³-hybridized carbons (Fsp3) is 0.188. The first-order chi connectivity index (χ1) is 11.4. The number of amides is 1. The molecule has 2 rings (SSSR count). The molecule has 1 N–H and O–H groups in total. The first-order valence-corrected chi connectivity index (χ1v) is 7.76. The number of benzene rings is 2. The van der Waals surface area contributed by atoms with E-state index in [4.69, 9.17) is 4.74 Å². The van der Waals surface area contributed by atoms with Gasteiger partial charge in [-0.1, -0.05) is 6.07 Å². The maximum atomic E-state index is 13.2. The van der Waals surface area contributed by atoms with E-state index in [0.717, 1.165) is 5.56 Å². The van der Waals surface area contributed by atoms with Crippen LogP contribution in [0.15, 0.2) is 40.9 Å². The molecular weight excluding hydrogens is 383 g/mol. The molecule has 0 aliphatic heterocycles. The van der Waals surface area contributed by atoms with Crippen molar-refractivity contribution in [2.75, 3.05) is 13.7 Å². The van der Waals surface area contributed by atoms with Crippen LogP contribution in [0.2, 0.25) is 0 Å². The van der Waals surface area contributed by atoms with E-state index < -0.39 is 10.8 Å². The van der Waals surface area contributed by atoms with Gasteiger partial charge in [-0.25, -0.2) is 4.39 Å². The summed E-state index contributed by atoms with van der Waals surface area (Å²) in [6.07, 6.45) is 0.503. The van der Waals surface area contributed by atoms with Crippen molar-refractivity contribution in [1.29, 1.82) is 0 Å². The highest BCUT2D eigenvalue weighted by Crippen LogP contribution is 2.27. The molecule has 0 saturated heterocycles. The third-order valence-electron chi connectivity index (χ3n) is 3.32. The summed E-state index contributed by atoms with van der Waals surface area (Å²) in [6.45, 7) is 0.316. The second-order valence-electron chi connectivity index (χ2n) is 4.90. The Morgan fingerprint density at radius 1 is 1.33 bits per heavy atom. The van der Waals surface area contributed by atoms with E-state index in [1.54, 1.807) is 12.1 Å². The van der Waals surface area contributed by atoms with E-state index in [-0.39, 0.29) is 22.8 Å². The third-order valence-corrected chi connectivity index (χ3v) is 3.93. The maximum absolute atomic E-state index is 13.2. The highest BCUT2D eigenvalue weighted by atomic mass is 79.9. The minimum absolute atomic E-state index is 0.0905. The normalized spacial score (nSPS) is 10.3. The molecule has 0 heterocycles. The molecular formula is C16H14BrFN2O4. The largest absolute Gasteiger partial charge is 0.490 e. The van der Waals surface area contributed by atoms with E-state index in [0.29, 0.717) is 17.4 Å². The van der Waals surface area contributed by atoms with Gasteiger partial charge in [0.15, 0.2) is 5.75 Å². The number of nitrogens with zero attached hydrogens (tertiary/aromatic N) is 1. The fourth-order valence-electron chi connectivity index (χ4n) is 2.09. The van der Waals surface area contributed by atoms with Crippen LogP contribution in [0.4, 0.5) is 10.1 Å². The van der Waals surface area contributed by atoms with Crippen LogP contribution in [0.3, 0.4) is 0 Å². The van der Waals surface area contributed by atoms with E-state index in [9.17, 15) is 19.3 Å². The van der Waals surface area contributed by atoms with Gasteiger partial charge in [-0.3, -0.25) is 14.9 Å². The summed E-state index contributed by atoms with van der Waals surface area (Å²) in [7, 11) is 1.32. The van der Waals surface area contributed by atoms with Crippen molar-refractivity contribution < 1.29 is 18.8 Å². The predicted octanol–water partition coefficient (Wildman–Crippen LogP) is 3.48. The summed E-state index contributed by atoms with van der Waals surface area (Å²) >= 11 is 3.10. The van der Waals surface area contributed by atoms with E-state index in [1.165, 1.54) is 31.4 Å². The molecule has 0 atom stereocenters. The first kappa shape index (κ1) is 17.9. The Morgan fingerprint density at radius 3 is 2.71 bits per heavy atom. The van der Waals surface area contributed by atoms with Crippen molar-refractivity contribution in [2.45, 2.75) is 6.42 Å². The molecule has 2 aromatic carbocycles. The monoisotopic (exact) mass is 396 g/mol. The summed E-state index contributed by atoms with van der Waals surface area (Å²) in [5.41, 5.74) is 0.750. The van der Waals surface area contributed by atoms with Crippen LogP contribution in [-0.2, 0) is 6.42 Å². The minimum Gasteiger partial charge on any atom is -0.490 e. The zero-order valence-corrected chi connectivity index (χ0v) is 14.3. The van der Waals surface area contributed by atoms with Crippen LogP contribution in [-0.4, -0.2) is 24.5 Å². The number of carbonyl (C=O) groups is 1. The Kier molecular flexibility index (Phi) is 5.86. The summed E-state index contributed by atoms with van der Waals surface area (Å²) in [5, 5.41) is 13.6. The lowest BCUT2D eigenvalue weighted by Gasteiger charge is -2.07. The van der Waals surface area contributed by atoms with Crippen LogP contribution >= 0.6 is 15.9 Å². The highest BCUT2D eigenvalue weighted by Gasteiger charge is 2.17. The zero-order chi connectivity index (χ0) is 17.7. The van der Waals surface area contributed by atoms with Gasteiger partial charge >= 0.3 is 5.69 Å². The van der Waals surface area contributed by atoms with Crippen molar-refractivity contribution >= 4 is 27.5 Å². The summed E-state index contributed by atoms with van der Waals surface area (Å²) in [6, 6.07) is 8.61. The van der Waals surface area contributed by atoms with Crippen molar-refractivity contribution in [3.8, 4) is 5.75 Å². The van der Waals surface area contributed by atoms with Crippen LogP contribution in [0.25, 0.3) is 0 Å². The molecule has 8 heteroatoms. The molecule has 0 aliphatic carbocycles. The minimum atomic E-state index is -0.606. The molecule has 0 radical (unpaired) electrons. The van der Waals surface area contributed by atoms with Gasteiger partial charge in [0.1, 0.15) is 5.82 Å². The van der Waals surface area contributed by atoms with E-state index in [1.807, 2.05) is 0 Å². The molecule has 6 nitrogen and oxygen atoms in total. The number of halogens is 2. The van der Waals surface area contributed by atoms with Gasteiger partial charge < -0.3 is 10.1 Å². The molecule has 0 saturated carbocycles.